The highest BCUT2D eigenvalue weighted by molar-refractivity contribution is 9.10. The van der Waals surface area contributed by atoms with Crippen LogP contribution < -0.4 is 5.32 Å². The van der Waals surface area contributed by atoms with Gasteiger partial charge in [0.15, 0.2) is 0 Å². The van der Waals surface area contributed by atoms with E-state index in [2.05, 4.69) is 31.3 Å². The van der Waals surface area contributed by atoms with Gasteiger partial charge < -0.3 is 5.32 Å². The maximum absolute atomic E-state index is 12.7. The van der Waals surface area contributed by atoms with Crippen LogP contribution in [-0.4, -0.2) is 20.7 Å². The first-order valence-corrected chi connectivity index (χ1v) is 6.49. The summed E-state index contributed by atoms with van der Waals surface area (Å²) in [5.41, 5.74) is 0.701. The summed E-state index contributed by atoms with van der Waals surface area (Å²) in [6, 6.07) is 3.27. The molecule has 8 heteroatoms. The number of amides is 1. The molecular formula is C12H11BrF2N4O. The lowest BCUT2D eigenvalue weighted by molar-refractivity contribution is -0.117. The molecule has 0 atom stereocenters. The number of carbonyl (C=O) groups excluding carboxylic acids is 1. The molecule has 0 spiro atoms. The number of halogens is 3. The van der Waals surface area contributed by atoms with Gasteiger partial charge in [-0.25, -0.2) is 8.78 Å². The summed E-state index contributed by atoms with van der Waals surface area (Å²) in [6.45, 7) is 1.47. The summed E-state index contributed by atoms with van der Waals surface area (Å²) in [5.74, 6) is -0.352. The van der Waals surface area contributed by atoms with E-state index in [0.717, 1.165) is 0 Å². The molecule has 0 fully saturated rings. The van der Waals surface area contributed by atoms with Crippen molar-refractivity contribution in [3.63, 3.8) is 0 Å². The fourth-order valence-corrected chi connectivity index (χ4v) is 2.07. The van der Waals surface area contributed by atoms with E-state index >= 15 is 0 Å². The topological polar surface area (TPSA) is 59.8 Å². The minimum absolute atomic E-state index is 0.139. The van der Waals surface area contributed by atoms with Crippen molar-refractivity contribution < 1.29 is 13.6 Å². The smallest absolute Gasteiger partial charge is 0.283 e. The molecule has 2 rings (SSSR count). The summed E-state index contributed by atoms with van der Waals surface area (Å²) in [4.78, 5) is 15.7. The van der Waals surface area contributed by atoms with Gasteiger partial charge >= 0.3 is 0 Å². The highest BCUT2D eigenvalue weighted by Gasteiger charge is 2.21. The molecule has 0 aliphatic carbocycles. The van der Waals surface area contributed by atoms with Crippen LogP contribution in [0.2, 0.25) is 0 Å². The zero-order chi connectivity index (χ0) is 14.7. The number of hydrogen-bond acceptors (Lipinski definition) is 3. The monoisotopic (exact) mass is 344 g/mol. The van der Waals surface area contributed by atoms with Gasteiger partial charge in [0, 0.05) is 18.1 Å². The van der Waals surface area contributed by atoms with Crippen molar-refractivity contribution in [2.75, 3.05) is 5.32 Å². The van der Waals surface area contributed by atoms with E-state index in [1.165, 1.54) is 4.68 Å². The van der Waals surface area contributed by atoms with Gasteiger partial charge in [0.2, 0.25) is 5.91 Å². The molecule has 1 amide bonds. The molecule has 0 unspecified atom stereocenters. The molecule has 2 aromatic rings. The van der Waals surface area contributed by atoms with E-state index < -0.39 is 6.43 Å². The molecule has 0 aliphatic heterocycles. The second-order valence-corrected chi connectivity index (χ2v) is 4.82. The summed E-state index contributed by atoms with van der Waals surface area (Å²) in [6.07, 6.45) is 0.396. The van der Waals surface area contributed by atoms with Crippen molar-refractivity contribution in [2.45, 2.75) is 19.9 Å². The van der Waals surface area contributed by atoms with Crippen LogP contribution in [0, 0.1) is 6.92 Å². The van der Waals surface area contributed by atoms with Crippen LogP contribution in [0.25, 0.3) is 0 Å². The number of pyridine rings is 1. The van der Waals surface area contributed by atoms with Crippen LogP contribution in [-0.2, 0) is 11.3 Å². The Morgan fingerprint density at radius 3 is 2.65 bits per heavy atom. The summed E-state index contributed by atoms with van der Waals surface area (Å²) < 4.78 is 26.8. The van der Waals surface area contributed by atoms with Gasteiger partial charge in [-0.05, 0) is 35.0 Å². The zero-order valence-electron chi connectivity index (χ0n) is 10.5. The lowest BCUT2D eigenvalue weighted by Gasteiger charge is -2.06. The zero-order valence-corrected chi connectivity index (χ0v) is 12.1. The summed E-state index contributed by atoms with van der Waals surface area (Å²) in [5, 5.41) is 6.37. The fraction of sp³-hybridized carbons (Fsp3) is 0.250. The number of rotatable bonds is 4. The highest BCUT2D eigenvalue weighted by atomic mass is 79.9. The van der Waals surface area contributed by atoms with Gasteiger partial charge in [0.1, 0.15) is 12.2 Å². The maximum Gasteiger partial charge on any atom is 0.283 e. The Hall–Kier alpha value is -1.83. The van der Waals surface area contributed by atoms with Crippen LogP contribution >= 0.6 is 15.9 Å². The van der Waals surface area contributed by atoms with Gasteiger partial charge in [0.05, 0.1) is 10.2 Å². The average Bonchev–Trinajstić information content (AvgIpc) is 2.68. The summed E-state index contributed by atoms with van der Waals surface area (Å²) in [7, 11) is 0. The van der Waals surface area contributed by atoms with Gasteiger partial charge in [-0.1, -0.05) is 0 Å². The Balaban J connectivity index is 2.10. The molecule has 2 heterocycles. The van der Waals surface area contributed by atoms with E-state index in [1.807, 2.05) is 0 Å². The Labute approximate surface area is 122 Å². The third-order valence-corrected chi connectivity index (χ3v) is 3.60. The quantitative estimate of drug-likeness (QED) is 0.927. The standard InChI is InChI=1S/C12H11BrF2N4O/c1-7-10(13)11(12(14)15)18-19(7)6-9(20)17-8-2-4-16-5-3-8/h2-5,12H,6H2,1H3,(H,16,17,20). The van der Waals surface area contributed by atoms with Crippen molar-refractivity contribution in [2.24, 2.45) is 0 Å². The van der Waals surface area contributed by atoms with Crippen molar-refractivity contribution in [1.29, 1.82) is 0 Å². The van der Waals surface area contributed by atoms with Gasteiger partial charge in [-0.2, -0.15) is 5.10 Å². The Morgan fingerprint density at radius 2 is 2.10 bits per heavy atom. The number of anilines is 1. The first-order chi connectivity index (χ1) is 9.49. The molecular weight excluding hydrogens is 334 g/mol. The number of carbonyl (C=O) groups is 1. The van der Waals surface area contributed by atoms with Crippen molar-refractivity contribution in [1.82, 2.24) is 14.8 Å². The van der Waals surface area contributed by atoms with E-state index in [9.17, 15) is 13.6 Å². The van der Waals surface area contributed by atoms with Crippen LogP contribution in [0.4, 0.5) is 14.5 Å². The molecule has 0 bridgehead atoms. The predicted molar refractivity (Wildman–Crippen MR) is 72.5 cm³/mol. The SMILES string of the molecule is Cc1c(Br)c(C(F)F)nn1CC(=O)Nc1ccncc1. The fourth-order valence-electron chi connectivity index (χ4n) is 1.61. The second-order valence-electron chi connectivity index (χ2n) is 4.03. The Morgan fingerprint density at radius 1 is 1.45 bits per heavy atom. The molecule has 5 nitrogen and oxygen atoms in total. The lowest BCUT2D eigenvalue weighted by Crippen LogP contribution is -2.20. The Kier molecular flexibility index (Phi) is 4.43. The molecule has 20 heavy (non-hydrogen) atoms. The van der Waals surface area contributed by atoms with E-state index in [-0.39, 0.29) is 22.6 Å². The molecule has 0 aromatic carbocycles. The number of nitrogens with zero attached hydrogens (tertiary/aromatic N) is 3. The van der Waals surface area contributed by atoms with Crippen LogP contribution in [0.1, 0.15) is 17.8 Å². The van der Waals surface area contributed by atoms with Crippen LogP contribution in [0.3, 0.4) is 0 Å². The predicted octanol–water partition coefficient (Wildman–Crippen LogP) is 2.93. The largest absolute Gasteiger partial charge is 0.324 e. The van der Waals surface area contributed by atoms with Gasteiger partial charge in [-0.3, -0.25) is 14.5 Å². The van der Waals surface area contributed by atoms with E-state index in [4.69, 9.17) is 0 Å². The van der Waals surface area contributed by atoms with E-state index in [1.54, 1.807) is 31.5 Å². The van der Waals surface area contributed by atoms with Crippen LogP contribution in [0.5, 0.6) is 0 Å². The second kappa shape index (κ2) is 6.08. The molecule has 2 aromatic heterocycles. The molecule has 1 N–H and O–H groups in total. The third kappa shape index (κ3) is 3.19. The number of hydrogen-bond donors (Lipinski definition) is 1. The van der Waals surface area contributed by atoms with Gasteiger partial charge in [-0.15, -0.1) is 0 Å². The first-order valence-electron chi connectivity index (χ1n) is 5.70. The number of nitrogens with one attached hydrogen (secondary N) is 1. The third-order valence-electron chi connectivity index (χ3n) is 2.62. The maximum atomic E-state index is 12.7. The first kappa shape index (κ1) is 14.6. The molecule has 0 saturated heterocycles. The molecule has 0 aliphatic rings. The summed E-state index contributed by atoms with van der Waals surface area (Å²) >= 11 is 3.06. The average molecular weight is 345 g/mol. The van der Waals surface area contributed by atoms with Gasteiger partial charge in [0.25, 0.3) is 6.43 Å². The molecule has 106 valence electrons. The van der Waals surface area contributed by atoms with Crippen LogP contribution in [0.15, 0.2) is 29.0 Å². The minimum atomic E-state index is -2.69. The van der Waals surface area contributed by atoms with Crippen molar-refractivity contribution in [3.8, 4) is 0 Å². The van der Waals surface area contributed by atoms with Crippen molar-refractivity contribution in [3.05, 3.63) is 40.4 Å². The van der Waals surface area contributed by atoms with Crippen molar-refractivity contribution >= 4 is 27.5 Å². The van der Waals surface area contributed by atoms with E-state index in [0.29, 0.717) is 11.4 Å². The normalized spacial score (nSPS) is 10.8. The molecule has 0 saturated carbocycles. The molecule has 0 radical (unpaired) electrons. The Bertz CT molecular complexity index is 615. The highest BCUT2D eigenvalue weighted by Crippen LogP contribution is 2.28. The number of aromatic nitrogens is 3. The lowest BCUT2D eigenvalue weighted by atomic mass is 10.4. The number of alkyl halides is 2. The minimum Gasteiger partial charge on any atom is -0.324 e.